The van der Waals surface area contributed by atoms with Gasteiger partial charge in [0.05, 0.1) is 16.8 Å². The molecular formula is C28H24F2N2O5S. The summed E-state index contributed by atoms with van der Waals surface area (Å²) in [4.78, 5) is 31.7. The summed E-state index contributed by atoms with van der Waals surface area (Å²) in [5, 5.41) is -1.71. The molecule has 0 spiro atoms. The first-order valence-electron chi connectivity index (χ1n) is 11.9. The van der Waals surface area contributed by atoms with Crippen molar-refractivity contribution in [3.63, 3.8) is 0 Å². The fraction of sp³-hybridized carbons (Fsp3) is 0.250. The second-order valence-corrected chi connectivity index (χ2v) is 12.2. The summed E-state index contributed by atoms with van der Waals surface area (Å²) in [5.41, 5.74) is -0.222. The highest BCUT2D eigenvalue weighted by atomic mass is 32.2. The molecule has 196 valence electrons. The summed E-state index contributed by atoms with van der Waals surface area (Å²) in [6, 6.07) is 20.5. The molecule has 0 saturated carbocycles. The van der Waals surface area contributed by atoms with Gasteiger partial charge in [0.1, 0.15) is 4.75 Å². The molecule has 2 aliphatic heterocycles. The molecule has 0 aliphatic carbocycles. The lowest BCUT2D eigenvalue weighted by molar-refractivity contribution is -0.160. The summed E-state index contributed by atoms with van der Waals surface area (Å²) in [5.74, 6) is -1.90. The van der Waals surface area contributed by atoms with Crippen LogP contribution in [0, 0.1) is 0 Å². The average Bonchev–Trinajstić information content (AvgIpc) is 3.05. The van der Waals surface area contributed by atoms with Crippen LogP contribution in [0.5, 0.6) is 0 Å². The van der Waals surface area contributed by atoms with Crippen LogP contribution in [0.15, 0.2) is 90.6 Å². The maximum absolute atomic E-state index is 14.2. The smallest absolute Gasteiger partial charge is 0.331 e. The number of pyridine rings is 1. The monoisotopic (exact) mass is 538 g/mol. The molecular weight excluding hydrogens is 514 g/mol. The van der Waals surface area contributed by atoms with Gasteiger partial charge in [0, 0.05) is 6.20 Å². The van der Waals surface area contributed by atoms with Crippen molar-refractivity contribution in [3.8, 4) is 0 Å². The first-order chi connectivity index (χ1) is 18.1. The minimum Gasteiger partial charge on any atom is -0.451 e. The zero-order valence-corrected chi connectivity index (χ0v) is 21.3. The van der Waals surface area contributed by atoms with Gasteiger partial charge in [0.25, 0.3) is 12.3 Å². The molecule has 3 heterocycles. The third-order valence-corrected chi connectivity index (χ3v) is 9.78. The number of benzene rings is 2. The van der Waals surface area contributed by atoms with E-state index in [0.29, 0.717) is 11.1 Å². The van der Waals surface area contributed by atoms with E-state index in [1.54, 1.807) is 60.7 Å². The van der Waals surface area contributed by atoms with E-state index in [1.165, 1.54) is 38.2 Å². The quantitative estimate of drug-likeness (QED) is 0.266. The van der Waals surface area contributed by atoms with Crippen LogP contribution in [0.1, 0.15) is 36.8 Å². The normalized spacial score (nSPS) is 22.7. The standard InChI is InChI=1S/C28H24F2N2O5S/c1-28(2)23(27(34)37-22(17-11-5-3-6-12-17)18-13-7-4-8-14-18)32-25(33)21(26(32)38(28,35)36)20(24(29)30)19-15-9-10-16-31-19/h3-16,22-24,26H,1-2H3/b21-20+/t23-,26+/m0/s1. The zero-order chi connectivity index (χ0) is 27.2. The second kappa shape index (κ2) is 9.43. The van der Waals surface area contributed by atoms with Crippen molar-refractivity contribution in [1.82, 2.24) is 9.88 Å². The Morgan fingerprint density at radius 2 is 1.50 bits per heavy atom. The number of alkyl halides is 2. The number of hydrogen-bond acceptors (Lipinski definition) is 6. The van der Waals surface area contributed by atoms with Crippen molar-refractivity contribution in [1.29, 1.82) is 0 Å². The van der Waals surface area contributed by atoms with Gasteiger partial charge in [0.2, 0.25) is 0 Å². The van der Waals surface area contributed by atoms with Crippen LogP contribution < -0.4 is 0 Å². The molecule has 7 nitrogen and oxygen atoms in total. The van der Waals surface area contributed by atoms with Crippen LogP contribution in [-0.4, -0.2) is 52.8 Å². The number of halogens is 2. The fourth-order valence-corrected chi connectivity index (χ4v) is 7.21. The van der Waals surface area contributed by atoms with Crippen LogP contribution in [0.3, 0.4) is 0 Å². The number of nitrogens with zero attached hydrogens (tertiary/aromatic N) is 2. The van der Waals surface area contributed by atoms with Crippen LogP contribution in [-0.2, 0) is 24.2 Å². The van der Waals surface area contributed by atoms with Crippen LogP contribution >= 0.6 is 0 Å². The summed E-state index contributed by atoms with van der Waals surface area (Å²) in [6.07, 6.45) is -2.76. The van der Waals surface area contributed by atoms with Gasteiger partial charge in [0.15, 0.2) is 27.4 Å². The molecule has 3 aromatic rings. The van der Waals surface area contributed by atoms with E-state index < -0.39 is 61.6 Å². The van der Waals surface area contributed by atoms with Gasteiger partial charge in [-0.05, 0) is 37.1 Å². The molecule has 5 rings (SSSR count). The molecule has 0 bridgehead atoms. The van der Waals surface area contributed by atoms with E-state index in [9.17, 15) is 26.8 Å². The van der Waals surface area contributed by atoms with Gasteiger partial charge in [-0.25, -0.2) is 22.0 Å². The third-order valence-electron chi connectivity index (χ3n) is 7.04. The van der Waals surface area contributed by atoms with Gasteiger partial charge >= 0.3 is 5.97 Å². The minimum atomic E-state index is -4.31. The molecule has 0 radical (unpaired) electrons. The molecule has 0 N–H and O–H groups in total. The molecule has 2 aliphatic rings. The Labute approximate surface area is 218 Å². The summed E-state index contributed by atoms with van der Waals surface area (Å²) in [7, 11) is -4.31. The Morgan fingerprint density at radius 3 is 2.00 bits per heavy atom. The maximum atomic E-state index is 14.2. The lowest BCUT2D eigenvalue weighted by atomic mass is 9.91. The van der Waals surface area contributed by atoms with Crippen LogP contribution in [0.25, 0.3) is 5.57 Å². The summed E-state index contributed by atoms with van der Waals surface area (Å²) >= 11 is 0. The largest absolute Gasteiger partial charge is 0.451 e. The number of ether oxygens (including phenoxy) is 1. The van der Waals surface area contributed by atoms with E-state index >= 15 is 0 Å². The molecule has 1 amide bonds. The van der Waals surface area contributed by atoms with Crippen molar-refractivity contribution >= 4 is 27.3 Å². The maximum Gasteiger partial charge on any atom is 0.331 e. The Morgan fingerprint density at radius 1 is 0.947 bits per heavy atom. The SMILES string of the molecule is CC1(C)[C@H](C(=O)OC(c2ccccc2)c2ccccc2)N2C(=O)/C(=C(/c3ccccn3)C(F)F)[C@H]2S1(=O)=O. The number of β-lactam (4-membered cyclic amide) rings is 1. The number of hydrogen-bond donors (Lipinski definition) is 0. The van der Waals surface area contributed by atoms with Gasteiger partial charge in [-0.15, -0.1) is 0 Å². The van der Waals surface area contributed by atoms with Gasteiger partial charge in [-0.2, -0.15) is 0 Å². The van der Waals surface area contributed by atoms with Crippen LogP contribution in [0.4, 0.5) is 8.78 Å². The van der Waals surface area contributed by atoms with Crippen LogP contribution in [0.2, 0.25) is 0 Å². The predicted octanol–water partition coefficient (Wildman–Crippen LogP) is 4.18. The van der Waals surface area contributed by atoms with E-state index in [0.717, 1.165) is 4.90 Å². The molecule has 1 aromatic heterocycles. The highest BCUT2D eigenvalue weighted by Gasteiger charge is 2.71. The third kappa shape index (κ3) is 3.91. The van der Waals surface area contributed by atoms with Crippen molar-refractivity contribution in [2.75, 3.05) is 0 Å². The number of fused-ring (bicyclic) bond motifs is 1. The first kappa shape index (κ1) is 25.7. The molecule has 38 heavy (non-hydrogen) atoms. The Hall–Kier alpha value is -3.92. The number of esters is 1. The van der Waals surface area contributed by atoms with E-state index in [1.807, 2.05) is 0 Å². The Kier molecular flexibility index (Phi) is 6.38. The van der Waals surface area contributed by atoms with Gasteiger partial charge < -0.3 is 9.64 Å². The number of sulfone groups is 1. The number of aromatic nitrogens is 1. The molecule has 0 unspecified atom stereocenters. The number of carbonyl (C=O) groups excluding carboxylic acids is 2. The van der Waals surface area contributed by atoms with Crippen molar-refractivity contribution in [2.24, 2.45) is 0 Å². The van der Waals surface area contributed by atoms with E-state index in [4.69, 9.17) is 4.74 Å². The average molecular weight is 539 g/mol. The predicted molar refractivity (Wildman–Crippen MR) is 135 cm³/mol. The fourth-order valence-electron chi connectivity index (χ4n) is 5.06. The highest BCUT2D eigenvalue weighted by molar-refractivity contribution is 7.94. The molecule has 2 saturated heterocycles. The van der Waals surface area contributed by atoms with Gasteiger partial charge in [-0.1, -0.05) is 66.7 Å². The molecule has 10 heteroatoms. The minimum absolute atomic E-state index is 0.197. The summed E-state index contributed by atoms with van der Waals surface area (Å²) < 4.78 is 59.7. The lowest BCUT2D eigenvalue weighted by Gasteiger charge is -2.40. The number of rotatable bonds is 6. The molecule has 2 fully saturated rings. The summed E-state index contributed by atoms with van der Waals surface area (Å²) in [6.45, 7) is 2.61. The topological polar surface area (TPSA) is 93.6 Å². The Balaban J connectivity index is 1.56. The first-order valence-corrected chi connectivity index (χ1v) is 13.4. The molecule has 2 atom stereocenters. The number of amides is 1. The zero-order valence-electron chi connectivity index (χ0n) is 20.5. The van der Waals surface area contributed by atoms with Gasteiger partial charge in [-0.3, -0.25) is 9.78 Å². The molecule has 2 aromatic carbocycles. The highest BCUT2D eigenvalue weighted by Crippen LogP contribution is 2.51. The number of carbonyl (C=O) groups is 2. The lowest BCUT2D eigenvalue weighted by Crippen LogP contribution is -2.59. The van der Waals surface area contributed by atoms with Crippen molar-refractivity contribution in [2.45, 2.75) is 42.5 Å². The van der Waals surface area contributed by atoms with Crippen molar-refractivity contribution in [3.05, 3.63) is 107 Å². The van der Waals surface area contributed by atoms with E-state index in [2.05, 4.69) is 4.98 Å². The second-order valence-electron chi connectivity index (χ2n) is 9.60. The van der Waals surface area contributed by atoms with E-state index in [-0.39, 0.29) is 5.69 Å². The number of allylic oxidation sites excluding steroid dienone is 1. The van der Waals surface area contributed by atoms with Crippen molar-refractivity contribution < 1.29 is 31.5 Å². The Bertz CT molecular complexity index is 1470.